The van der Waals surface area contributed by atoms with Crippen molar-refractivity contribution in [1.29, 1.82) is 1.34 Å². The summed E-state index contributed by atoms with van der Waals surface area (Å²) in [5.41, 5.74) is 0. The molecule has 0 aromatic heterocycles. The van der Waals surface area contributed by atoms with Gasteiger partial charge in [0.05, 0.1) is 0 Å². The largest absolute Gasteiger partial charge is 0.0384 e. The molecule has 0 heterocycles. The van der Waals surface area contributed by atoms with Crippen molar-refractivity contribution in [3.63, 3.8) is 0 Å². The summed E-state index contributed by atoms with van der Waals surface area (Å²) in [6, 6.07) is 0. The van der Waals surface area contributed by atoms with Crippen LogP contribution in [0.3, 0.4) is 0 Å². The first-order valence-corrected chi connectivity index (χ1v) is 9.33. The number of hydrogen-bond donors (Lipinski definition) is 0. The van der Waals surface area contributed by atoms with Gasteiger partial charge in [0, 0.05) is 231 Å². The highest BCUT2D eigenvalue weighted by molar-refractivity contribution is 7.91. The molecule has 97 valence electrons. The van der Waals surface area contributed by atoms with Crippen molar-refractivity contribution in [2.45, 2.75) is 0 Å². The summed E-state index contributed by atoms with van der Waals surface area (Å²) in [5.74, 6) is 0. The summed E-state index contributed by atoms with van der Waals surface area (Å²) >= 11 is 0. The lowest BCUT2D eigenvalue weighted by atomic mass is 8.68. The smallest absolute Gasteiger partial charge is 0.0322 e. The Hall–Kier alpha value is 2.08. The Labute approximate surface area is 231 Å². The Balaban J connectivity index is -0.000000170. The van der Waals surface area contributed by atoms with Gasteiger partial charge in [0.2, 0.25) is 0 Å². The van der Waals surface area contributed by atoms with Crippen molar-refractivity contribution in [3.05, 3.63) is 0 Å². The van der Waals surface area contributed by atoms with Gasteiger partial charge in [-0.05, 0) is 1.34 Å². The minimum Gasteiger partial charge on any atom is -0.0384 e. The molecule has 0 nitrogen and oxygen atoms in total. The Bertz CT molecular complexity index is 301. The minimum atomic E-state index is -0.637. The molecule has 0 fully saturated rings. The first-order chi connectivity index (χ1) is 14.8. The zero-order valence-electron chi connectivity index (χ0n) is 19.5. The van der Waals surface area contributed by atoms with Gasteiger partial charge < -0.3 is 0 Å². The molecular formula is HB32. The van der Waals surface area contributed by atoms with E-state index in [0.717, 1.165) is 7.70 Å². The van der Waals surface area contributed by atoms with Crippen LogP contribution in [0.5, 0.6) is 0 Å². The zero-order chi connectivity index (χ0) is 27.6. The molecule has 0 N–H and O–H groups in total. The molecule has 0 amide bonds. The van der Waals surface area contributed by atoms with Gasteiger partial charge in [-0.25, -0.2) is 0 Å². The Morgan fingerprint density at radius 2 is 0.469 bits per heavy atom. The van der Waals surface area contributed by atoms with Gasteiger partial charge in [0.25, 0.3) is 0 Å². The predicted molar refractivity (Wildman–Crippen MR) is 186 cm³/mol. The van der Waals surface area contributed by atoms with Gasteiger partial charge in [-0.15, -0.1) is 0 Å². The summed E-state index contributed by atoms with van der Waals surface area (Å²) in [5, 5.41) is 0. The molecule has 0 spiro atoms. The molecule has 39 radical (unpaired) electrons. The molecule has 0 bridgehead atoms. The lowest BCUT2D eigenvalue weighted by Crippen LogP contribution is -2.52. The van der Waals surface area contributed by atoms with Crippen molar-refractivity contribution < 1.29 is 0 Å². The van der Waals surface area contributed by atoms with E-state index in [1.165, 1.54) is 0 Å². The molecule has 32 heavy (non-hydrogen) atoms. The SMILES string of the molecule is [3H][B]B(B([B])[B])B([B])[B].[B]B([B])B([B])B([B])[B].[B]B([B])B([B])B([B])[B].[B]B([B])B([B])B([B])[B]. The van der Waals surface area contributed by atoms with Crippen LogP contribution >= 0.6 is 0 Å². The minimum absolute atomic E-state index is 0.426. The third-order valence-corrected chi connectivity index (χ3v) is 3.56. The normalized spacial score (nSPS) is 8.31. The lowest BCUT2D eigenvalue weighted by molar-refractivity contribution is 3.62. The van der Waals surface area contributed by atoms with E-state index in [4.69, 9.17) is 148 Å². The summed E-state index contributed by atoms with van der Waals surface area (Å²) in [7, 11) is 99.3. The average molecular weight is 349 g/mol. The van der Waals surface area contributed by atoms with Crippen LogP contribution in [0.25, 0.3) is 0 Å². The second-order valence-electron chi connectivity index (χ2n) is 6.93. The molecular weight excluding hydrogens is 346 g/mol. The van der Waals surface area contributed by atoms with E-state index in [2.05, 4.69) is 0 Å². The lowest BCUT2D eigenvalue weighted by Gasteiger charge is -2.13. The summed E-state index contributed by atoms with van der Waals surface area (Å²) in [4.78, 5) is 0. The monoisotopic (exact) mass is 355 g/mol. The fraction of sp³-hybridized carbons (Fsp3) is 0. The topological polar surface area (TPSA) is 0 Å². The first-order valence-electron chi connectivity index (χ1n) is 9.91. The highest BCUT2D eigenvalue weighted by atomic mass is 13.0. The van der Waals surface area contributed by atoms with Gasteiger partial charge >= 0.3 is 0 Å². The van der Waals surface area contributed by atoms with Crippen LogP contribution in [0.4, 0.5) is 0 Å². The van der Waals surface area contributed by atoms with E-state index in [0.29, 0.717) is 0 Å². The molecule has 0 rings (SSSR count). The van der Waals surface area contributed by atoms with Crippen LogP contribution in [0.15, 0.2) is 0 Å². The van der Waals surface area contributed by atoms with Crippen LogP contribution in [0.1, 0.15) is 0 Å². The number of hydrogen-bond acceptors (Lipinski definition) is 0. The van der Waals surface area contributed by atoms with Gasteiger partial charge in [-0.1, -0.05) is 0 Å². The number of rotatable bonds is 9. The van der Waals surface area contributed by atoms with Gasteiger partial charge in [-0.2, -0.15) is 0 Å². The summed E-state index contributed by atoms with van der Waals surface area (Å²) in [6.45, 7) is 0. The van der Waals surface area contributed by atoms with Crippen molar-refractivity contribution in [3.8, 4) is 0 Å². The molecule has 0 saturated heterocycles. The maximum absolute atomic E-state index is 6.78. The van der Waals surface area contributed by atoms with Crippen molar-refractivity contribution in [2.75, 3.05) is 0 Å². The van der Waals surface area contributed by atoms with Gasteiger partial charge in [0.1, 0.15) is 0 Å². The van der Waals surface area contributed by atoms with E-state index in [1.807, 2.05) is 0 Å². The summed E-state index contributed by atoms with van der Waals surface area (Å²) in [6.07, 6.45) is -7.03. The van der Waals surface area contributed by atoms with E-state index in [9.17, 15) is 0 Å². The maximum atomic E-state index is 6.78. The zero-order valence-corrected chi connectivity index (χ0v) is 18.5. The third kappa shape index (κ3) is 26.7. The molecule has 0 aliphatic rings. The Morgan fingerprint density at radius 1 is 0.312 bits per heavy atom. The molecule has 0 saturated carbocycles. The van der Waals surface area contributed by atoms with Crippen LogP contribution < -0.4 is 0 Å². The van der Waals surface area contributed by atoms with Crippen LogP contribution in [0.2, 0.25) is 0 Å². The second kappa shape index (κ2) is 23.5. The standard InChI is InChI=1S/B8H.3B8/c4*1-6(2)8(5)7(3)4/h5H;;;/i5T;;;. The molecule has 0 unspecified atom stereocenters. The van der Waals surface area contributed by atoms with Crippen LogP contribution in [-0.2, 0) is 0 Å². The summed E-state index contributed by atoms with van der Waals surface area (Å²) < 4.78 is 6.78. The molecule has 0 aromatic rings. The molecule has 0 aromatic carbocycles. The fourth-order valence-electron chi connectivity index (χ4n) is 1.03. The molecule has 0 atom stereocenters. The second-order valence-corrected chi connectivity index (χ2v) is 6.93. The highest BCUT2D eigenvalue weighted by Gasteiger charge is 2.16. The highest BCUT2D eigenvalue weighted by Crippen LogP contribution is 1.78. The Kier molecular flexibility index (Phi) is 28.3. The quantitative estimate of drug-likeness (QED) is 0.363. The van der Waals surface area contributed by atoms with E-state index in [-0.39, 0.29) is 0 Å². The van der Waals surface area contributed by atoms with Crippen molar-refractivity contribution >= 4 is 231 Å². The fourth-order valence-corrected chi connectivity index (χ4v) is 1.03. The predicted octanol–water partition coefficient (Wildman–Crippen LogP) is -12.5. The van der Waals surface area contributed by atoms with E-state index >= 15 is 0 Å². The Morgan fingerprint density at radius 3 is 0.469 bits per heavy atom. The van der Waals surface area contributed by atoms with Gasteiger partial charge in [-0.3, -0.25) is 0 Å². The molecule has 0 aliphatic carbocycles. The third-order valence-electron chi connectivity index (χ3n) is 3.56. The van der Waals surface area contributed by atoms with Crippen molar-refractivity contribution in [2.24, 2.45) is 0 Å². The van der Waals surface area contributed by atoms with Gasteiger partial charge in [0.15, 0.2) is 0 Å². The average Bonchev–Trinajstić information content (AvgIpc) is 2.66. The van der Waals surface area contributed by atoms with Crippen LogP contribution in [-0.4, -0.2) is 233 Å². The van der Waals surface area contributed by atoms with Crippen molar-refractivity contribution in [1.82, 2.24) is 0 Å². The maximum Gasteiger partial charge on any atom is 0.0322 e. The first kappa shape index (κ1) is 38.6. The molecule has 32 heteroatoms. The molecule has 0 aliphatic heterocycles. The van der Waals surface area contributed by atoms with Crippen LogP contribution in [0, 0.1) is 0 Å². The van der Waals surface area contributed by atoms with E-state index < -0.39 is 76.6 Å². The van der Waals surface area contributed by atoms with E-state index in [1.54, 1.807) is 0 Å².